The van der Waals surface area contributed by atoms with Crippen LogP contribution in [0.5, 0.6) is 0 Å². The van der Waals surface area contributed by atoms with E-state index in [2.05, 4.69) is 11.1 Å². The lowest BCUT2D eigenvalue weighted by molar-refractivity contribution is -0.746. The zero-order valence-electron chi connectivity index (χ0n) is 13.6. The van der Waals surface area contributed by atoms with E-state index in [1.54, 1.807) is 6.92 Å². The number of hydrogen-bond donors (Lipinski definition) is 1. The van der Waals surface area contributed by atoms with Crippen LogP contribution in [0.4, 0.5) is 0 Å². The van der Waals surface area contributed by atoms with Crippen LogP contribution in [-0.4, -0.2) is 15.9 Å². The van der Waals surface area contributed by atoms with Crippen LogP contribution in [0.25, 0.3) is 0 Å². The maximum atomic E-state index is 11.0. The summed E-state index contributed by atoms with van der Waals surface area (Å²) >= 11 is 5.33. The van der Waals surface area contributed by atoms with E-state index in [4.69, 9.17) is 12.6 Å². The van der Waals surface area contributed by atoms with Crippen molar-refractivity contribution >= 4 is 17.7 Å². The summed E-state index contributed by atoms with van der Waals surface area (Å²) in [4.78, 5) is 4.29. The first-order valence-corrected chi connectivity index (χ1v) is 8.27. The molecule has 5 heteroatoms. The van der Waals surface area contributed by atoms with Gasteiger partial charge in [0.1, 0.15) is 0 Å². The van der Waals surface area contributed by atoms with Gasteiger partial charge in [0.15, 0.2) is 11.9 Å². The van der Waals surface area contributed by atoms with Crippen molar-refractivity contribution in [3.05, 3.63) is 66.0 Å². The molecular weight excluding hydrogens is 318 g/mol. The molecule has 1 aromatic carbocycles. The first kappa shape index (κ1) is 16.6. The zero-order valence-corrected chi connectivity index (χ0v) is 14.4. The molecule has 24 heavy (non-hydrogen) atoms. The van der Waals surface area contributed by atoms with E-state index >= 15 is 0 Å². The van der Waals surface area contributed by atoms with E-state index in [1.807, 2.05) is 66.2 Å². The van der Waals surface area contributed by atoms with Crippen LogP contribution in [0.2, 0.25) is 0 Å². The molecule has 4 atom stereocenters. The molecule has 1 N–H and O–H groups in total. The van der Waals surface area contributed by atoms with Crippen molar-refractivity contribution in [1.29, 1.82) is 5.26 Å². The van der Waals surface area contributed by atoms with Crippen LogP contribution >= 0.6 is 0 Å². The van der Waals surface area contributed by atoms with Crippen LogP contribution in [-0.2, 0) is 12.6 Å². The highest BCUT2D eigenvalue weighted by Gasteiger charge is 2.52. The van der Waals surface area contributed by atoms with Gasteiger partial charge in [-0.2, -0.15) is 9.83 Å². The molecule has 0 unspecified atom stereocenters. The van der Waals surface area contributed by atoms with E-state index in [0.29, 0.717) is 0 Å². The number of nitriles is 1. The summed E-state index contributed by atoms with van der Waals surface area (Å²) in [7, 11) is 0. The maximum absolute atomic E-state index is 11.0. The van der Waals surface area contributed by atoms with Gasteiger partial charge in [-0.25, -0.2) is 0 Å². The van der Waals surface area contributed by atoms with E-state index in [9.17, 15) is 10.4 Å². The van der Waals surface area contributed by atoms with Crippen molar-refractivity contribution in [2.45, 2.75) is 31.5 Å². The highest BCUT2D eigenvalue weighted by atomic mass is 32.1. The van der Waals surface area contributed by atoms with Gasteiger partial charge in [0.05, 0.1) is 17.9 Å². The normalized spacial score (nSPS) is 29.6. The fourth-order valence-electron chi connectivity index (χ4n) is 3.51. The summed E-state index contributed by atoms with van der Waals surface area (Å²) in [5.74, 6) is -0.831. The van der Waals surface area contributed by atoms with E-state index in [0.717, 1.165) is 11.3 Å². The minimum Gasteiger partial charge on any atom is -0.764 e. The Morgan fingerprint density at radius 3 is 2.50 bits per heavy atom. The van der Waals surface area contributed by atoms with Gasteiger partial charge in [-0.15, -0.1) is 0 Å². The highest BCUT2D eigenvalue weighted by Crippen LogP contribution is 2.43. The number of nitrogens with zero attached hydrogens (tertiary/aromatic N) is 3. The molecule has 0 saturated heterocycles. The summed E-state index contributed by atoms with van der Waals surface area (Å²) in [6, 6.07) is 17.5. The molecule has 0 spiro atoms. The molecule has 0 saturated carbocycles. The third-order valence-corrected chi connectivity index (χ3v) is 4.93. The molecule has 1 aliphatic rings. The van der Waals surface area contributed by atoms with Crippen molar-refractivity contribution in [1.82, 2.24) is 0 Å². The Hall–Kier alpha value is -2.29. The van der Waals surface area contributed by atoms with Gasteiger partial charge in [0, 0.05) is 19.1 Å². The molecule has 2 aromatic rings. The van der Waals surface area contributed by atoms with Crippen LogP contribution in [0, 0.1) is 24.2 Å². The minimum absolute atomic E-state index is 0.266. The van der Waals surface area contributed by atoms with Gasteiger partial charge < -0.3 is 17.7 Å². The molecule has 122 valence electrons. The molecule has 3 rings (SSSR count). The number of aromatic nitrogens is 1. The summed E-state index contributed by atoms with van der Waals surface area (Å²) in [5, 5.41) is 21.0. The van der Waals surface area contributed by atoms with Crippen molar-refractivity contribution in [3.63, 3.8) is 0 Å². The van der Waals surface area contributed by atoms with Crippen LogP contribution in [0.15, 0.2) is 59.7 Å². The second kappa shape index (κ2) is 6.31. The fourth-order valence-corrected chi connectivity index (χ4v) is 3.89. The third-order valence-electron chi connectivity index (χ3n) is 4.59. The number of hydrogen-bond acceptors (Lipinski definition) is 4. The van der Waals surface area contributed by atoms with Gasteiger partial charge in [-0.3, -0.25) is 4.99 Å². The Labute approximate surface area is 147 Å². The average molecular weight is 337 g/mol. The first-order chi connectivity index (χ1) is 11.5. The van der Waals surface area contributed by atoms with Crippen molar-refractivity contribution in [3.8, 4) is 6.07 Å². The summed E-state index contributed by atoms with van der Waals surface area (Å²) in [6.45, 7) is 3.64. The largest absolute Gasteiger partial charge is 0.764 e. The molecule has 2 heterocycles. The lowest BCUT2D eigenvalue weighted by Crippen LogP contribution is -2.59. The summed E-state index contributed by atoms with van der Waals surface area (Å²) in [6.07, 6.45) is 1.92. The van der Waals surface area contributed by atoms with Gasteiger partial charge in [-0.05, 0) is 12.5 Å². The molecule has 1 aromatic heterocycles. The predicted octanol–water partition coefficient (Wildman–Crippen LogP) is 2.41. The topological polar surface area (TPSA) is 60.3 Å². The average Bonchev–Trinajstić information content (AvgIpc) is 2.55. The number of benzene rings is 1. The first-order valence-electron chi connectivity index (χ1n) is 7.86. The van der Waals surface area contributed by atoms with Crippen molar-refractivity contribution < 1.29 is 9.67 Å². The number of rotatable bonds is 2. The van der Waals surface area contributed by atoms with Crippen LogP contribution in [0.3, 0.4) is 0 Å². The van der Waals surface area contributed by atoms with Crippen molar-refractivity contribution in [2.75, 3.05) is 0 Å². The number of aliphatic imine (C=N–C) groups is 1. The molecule has 4 nitrogen and oxygen atoms in total. The fraction of sp³-hybridized carbons (Fsp3) is 0.316. The van der Waals surface area contributed by atoms with Crippen LogP contribution < -0.4 is 4.57 Å². The number of aryl methyl sites for hydroxylation is 1. The lowest BCUT2D eigenvalue weighted by atomic mass is 9.75. The SMILES string of the molecule is Cc1cccc[n+]1[C@@H]1[C@@H](c2ccccc2)[C@H](C#N)C([S-])=N[C@]1(C)O. The second-order valence-corrected chi connectivity index (χ2v) is 6.70. The molecule has 0 fully saturated rings. The Morgan fingerprint density at radius 2 is 1.88 bits per heavy atom. The second-order valence-electron chi connectivity index (χ2n) is 6.28. The van der Waals surface area contributed by atoms with Crippen LogP contribution in [0.1, 0.15) is 30.1 Å². The molecule has 0 radical (unpaired) electrons. The number of pyridine rings is 1. The predicted molar refractivity (Wildman–Crippen MR) is 94.1 cm³/mol. The monoisotopic (exact) mass is 337 g/mol. The van der Waals surface area contributed by atoms with E-state index < -0.39 is 17.7 Å². The summed E-state index contributed by atoms with van der Waals surface area (Å²) < 4.78 is 1.99. The molecule has 1 aliphatic heterocycles. The maximum Gasteiger partial charge on any atom is 0.215 e. The molecule has 0 bridgehead atoms. The number of aliphatic hydroxyl groups is 1. The van der Waals surface area contributed by atoms with E-state index in [1.165, 1.54) is 0 Å². The molecule has 0 aliphatic carbocycles. The lowest BCUT2D eigenvalue weighted by Gasteiger charge is -2.41. The molecular formula is C19H19N3OS. The highest BCUT2D eigenvalue weighted by molar-refractivity contribution is 7.77. The van der Waals surface area contributed by atoms with Gasteiger partial charge in [0.25, 0.3) is 0 Å². The third kappa shape index (κ3) is 2.79. The van der Waals surface area contributed by atoms with Gasteiger partial charge in [0.2, 0.25) is 11.8 Å². The molecule has 0 amide bonds. The van der Waals surface area contributed by atoms with E-state index in [-0.39, 0.29) is 11.0 Å². The van der Waals surface area contributed by atoms with Crippen molar-refractivity contribution in [2.24, 2.45) is 10.9 Å². The van der Waals surface area contributed by atoms with Gasteiger partial charge >= 0.3 is 0 Å². The zero-order chi connectivity index (χ0) is 17.3. The van der Waals surface area contributed by atoms with Gasteiger partial charge in [-0.1, -0.05) is 41.4 Å². The Balaban J connectivity index is 2.25. The standard InChI is InChI=1S/C19H19N3OS/c1-13-8-6-7-11-22(13)17-16(14-9-4-3-5-10-14)15(12-20)18(24)21-19(17,2)23/h3-11,15-17,23H,1-2H3/t15-,16-,17+,19+/m0/s1. The minimum atomic E-state index is -1.39. The Kier molecular flexibility index (Phi) is 4.35. The summed E-state index contributed by atoms with van der Waals surface area (Å²) in [5.41, 5.74) is 0.576. The Morgan fingerprint density at radius 1 is 1.21 bits per heavy atom. The quantitative estimate of drug-likeness (QED) is 0.676. The smallest absolute Gasteiger partial charge is 0.215 e. The Bertz CT molecular complexity index is 811.